The summed E-state index contributed by atoms with van der Waals surface area (Å²) < 4.78 is 28.8. The summed E-state index contributed by atoms with van der Waals surface area (Å²) in [4.78, 5) is 4.13. The number of anilines is 1. The summed E-state index contributed by atoms with van der Waals surface area (Å²) in [6.07, 6.45) is 2.59. The van der Waals surface area contributed by atoms with Crippen LogP contribution in [0.4, 0.5) is 5.82 Å². The molecular formula is C14H22N4O2S. The SMILES string of the molecule is CCC(C)CN(CC)S(=O)(=O)c1c(N)nc2ccccn12. The summed E-state index contributed by atoms with van der Waals surface area (Å²) in [7, 11) is -3.66. The average molecular weight is 310 g/mol. The third-order valence-electron chi connectivity index (χ3n) is 3.66. The molecule has 0 saturated carbocycles. The molecule has 0 radical (unpaired) electrons. The van der Waals surface area contributed by atoms with Gasteiger partial charge in [-0.05, 0) is 18.1 Å². The molecule has 0 aliphatic rings. The Balaban J connectivity index is 2.52. The van der Waals surface area contributed by atoms with Crippen LogP contribution in [0, 0.1) is 5.92 Å². The zero-order chi connectivity index (χ0) is 15.6. The van der Waals surface area contributed by atoms with Crippen molar-refractivity contribution >= 4 is 21.5 Å². The lowest BCUT2D eigenvalue weighted by Gasteiger charge is -2.23. The van der Waals surface area contributed by atoms with Crippen molar-refractivity contribution in [3.05, 3.63) is 24.4 Å². The summed E-state index contributed by atoms with van der Waals surface area (Å²) in [6, 6.07) is 5.30. The fourth-order valence-electron chi connectivity index (χ4n) is 2.24. The van der Waals surface area contributed by atoms with E-state index in [1.54, 1.807) is 24.4 Å². The molecule has 0 aliphatic carbocycles. The molecule has 21 heavy (non-hydrogen) atoms. The Bertz CT molecular complexity index is 724. The van der Waals surface area contributed by atoms with E-state index in [1.807, 2.05) is 20.8 Å². The molecule has 2 aromatic rings. The summed E-state index contributed by atoms with van der Waals surface area (Å²) in [6.45, 7) is 6.81. The van der Waals surface area contributed by atoms with E-state index in [-0.39, 0.29) is 10.8 Å². The van der Waals surface area contributed by atoms with Gasteiger partial charge < -0.3 is 5.73 Å². The number of nitrogens with two attached hydrogens (primary N) is 1. The topological polar surface area (TPSA) is 80.7 Å². The lowest BCUT2D eigenvalue weighted by molar-refractivity contribution is 0.360. The fraction of sp³-hybridized carbons (Fsp3) is 0.500. The number of fused-ring (bicyclic) bond motifs is 1. The maximum Gasteiger partial charge on any atom is 0.262 e. The van der Waals surface area contributed by atoms with Gasteiger partial charge in [0.2, 0.25) is 0 Å². The lowest BCUT2D eigenvalue weighted by atomic mass is 10.1. The summed E-state index contributed by atoms with van der Waals surface area (Å²) >= 11 is 0. The minimum Gasteiger partial charge on any atom is -0.381 e. The molecule has 1 unspecified atom stereocenters. The second kappa shape index (κ2) is 6.03. The standard InChI is InChI=1S/C14H22N4O2S/c1-4-11(3)10-17(5-2)21(19,20)14-13(15)16-12-8-6-7-9-18(12)14/h6-9,11H,4-5,10,15H2,1-3H3. The van der Waals surface area contributed by atoms with Crippen LogP contribution in [0.15, 0.2) is 29.4 Å². The second-order valence-corrected chi connectivity index (χ2v) is 7.05. The maximum atomic E-state index is 12.9. The average Bonchev–Trinajstić information content (AvgIpc) is 2.80. The highest BCUT2D eigenvalue weighted by molar-refractivity contribution is 7.89. The predicted molar refractivity (Wildman–Crippen MR) is 83.5 cm³/mol. The van der Waals surface area contributed by atoms with Gasteiger partial charge in [0.25, 0.3) is 10.0 Å². The Morgan fingerprint density at radius 2 is 2.10 bits per heavy atom. The first kappa shape index (κ1) is 15.8. The summed E-state index contributed by atoms with van der Waals surface area (Å²) in [5, 5.41) is 0.0586. The molecular weight excluding hydrogens is 288 g/mol. The predicted octanol–water partition coefficient (Wildman–Crippen LogP) is 1.97. The normalized spacial score (nSPS) is 13.9. The zero-order valence-electron chi connectivity index (χ0n) is 12.7. The molecule has 0 spiro atoms. The molecule has 0 amide bonds. The van der Waals surface area contributed by atoms with Gasteiger partial charge >= 0.3 is 0 Å². The highest BCUT2D eigenvalue weighted by Crippen LogP contribution is 2.24. The van der Waals surface area contributed by atoms with Gasteiger partial charge in [-0.1, -0.05) is 33.3 Å². The molecule has 116 valence electrons. The van der Waals surface area contributed by atoms with E-state index in [4.69, 9.17) is 5.73 Å². The minimum absolute atomic E-state index is 0.0452. The summed E-state index contributed by atoms with van der Waals surface area (Å²) in [5.74, 6) is 0.337. The monoisotopic (exact) mass is 310 g/mol. The number of sulfonamides is 1. The molecule has 1 atom stereocenters. The highest BCUT2D eigenvalue weighted by atomic mass is 32.2. The minimum atomic E-state index is -3.66. The van der Waals surface area contributed by atoms with Crippen molar-refractivity contribution < 1.29 is 8.42 Å². The molecule has 2 N–H and O–H groups in total. The molecule has 6 nitrogen and oxygen atoms in total. The number of rotatable bonds is 6. The first-order valence-electron chi connectivity index (χ1n) is 7.14. The van der Waals surface area contributed by atoms with Gasteiger partial charge in [-0.25, -0.2) is 13.4 Å². The van der Waals surface area contributed by atoms with E-state index in [9.17, 15) is 8.42 Å². The molecule has 0 aromatic carbocycles. The highest BCUT2D eigenvalue weighted by Gasteiger charge is 2.30. The second-order valence-electron chi connectivity index (χ2n) is 5.20. The third kappa shape index (κ3) is 2.89. The number of aromatic nitrogens is 2. The zero-order valence-corrected chi connectivity index (χ0v) is 13.5. The van der Waals surface area contributed by atoms with Crippen LogP contribution in [-0.2, 0) is 10.0 Å². The molecule has 2 heterocycles. The van der Waals surface area contributed by atoms with Crippen LogP contribution in [0.5, 0.6) is 0 Å². The van der Waals surface area contributed by atoms with Crippen LogP contribution in [0.25, 0.3) is 5.65 Å². The molecule has 0 aliphatic heterocycles. The molecule has 2 rings (SSSR count). The van der Waals surface area contributed by atoms with E-state index in [1.165, 1.54) is 8.71 Å². The van der Waals surface area contributed by atoms with Gasteiger partial charge in [-0.3, -0.25) is 4.40 Å². The number of nitrogens with zero attached hydrogens (tertiary/aromatic N) is 3. The van der Waals surface area contributed by atoms with Crippen molar-refractivity contribution in [2.75, 3.05) is 18.8 Å². The van der Waals surface area contributed by atoms with E-state index in [0.29, 0.717) is 24.7 Å². The third-order valence-corrected chi connectivity index (χ3v) is 5.64. The van der Waals surface area contributed by atoms with Crippen LogP contribution >= 0.6 is 0 Å². The first-order valence-corrected chi connectivity index (χ1v) is 8.58. The van der Waals surface area contributed by atoms with E-state index < -0.39 is 10.0 Å². The van der Waals surface area contributed by atoms with Crippen LogP contribution < -0.4 is 5.73 Å². The van der Waals surface area contributed by atoms with Gasteiger partial charge in [0.05, 0.1) is 0 Å². The number of pyridine rings is 1. The Morgan fingerprint density at radius 3 is 2.71 bits per heavy atom. The maximum absolute atomic E-state index is 12.9. The number of hydrogen-bond acceptors (Lipinski definition) is 4. The number of hydrogen-bond donors (Lipinski definition) is 1. The number of imidazole rings is 1. The molecule has 0 fully saturated rings. The lowest BCUT2D eigenvalue weighted by Crippen LogP contribution is -2.35. The van der Waals surface area contributed by atoms with E-state index in [0.717, 1.165) is 6.42 Å². The van der Waals surface area contributed by atoms with Crippen molar-refractivity contribution in [2.45, 2.75) is 32.2 Å². The molecule has 7 heteroatoms. The van der Waals surface area contributed by atoms with Crippen molar-refractivity contribution in [3.63, 3.8) is 0 Å². The molecule has 2 aromatic heterocycles. The fourth-order valence-corrected chi connectivity index (χ4v) is 3.99. The quantitative estimate of drug-likeness (QED) is 0.884. The van der Waals surface area contributed by atoms with Crippen LogP contribution in [0.3, 0.4) is 0 Å². The Morgan fingerprint density at radius 1 is 1.38 bits per heavy atom. The van der Waals surface area contributed by atoms with Crippen LogP contribution in [-0.4, -0.2) is 35.2 Å². The van der Waals surface area contributed by atoms with Crippen molar-refractivity contribution in [2.24, 2.45) is 5.92 Å². The van der Waals surface area contributed by atoms with Crippen molar-refractivity contribution in [1.82, 2.24) is 13.7 Å². The van der Waals surface area contributed by atoms with Crippen LogP contribution in [0.1, 0.15) is 27.2 Å². The van der Waals surface area contributed by atoms with Crippen LogP contribution in [0.2, 0.25) is 0 Å². The van der Waals surface area contributed by atoms with Crippen molar-refractivity contribution in [1.29, 1.82) is 0 Å². The number of nitrogen functional groups attached to an aromatic ring is 1. The molecule has 0 bridgehead atoms. The largest absolute Gasteiger partial charge is 0.381 e. The molecule has 0 saturated heterocycles. The Kier molecular flexibility index (Phi) is 4.53. The van der Waals surface area contributed by atoms with Gasteiger partial charge in [-0.15, -0.1) is 0 Å². The smallest absolute Gasteiger partial charge is 0.262 e. The van der Waals surface area contributed by atoms with Gasteiger partial charge in [0.1, 0.15) is 5.65 Å². The van der Waals surface area contributed by atoms with Gasteiger partial charge in [-0.2, -0.15) is 4.31 Å². The van der Waals surface area contributed by atoms with E-state index >= 15 is 0 Å². The Hall–Kier alpha value is -1.60. The first-order chi connectivity index (χ1) is 9.91. The van der Waals surface area contributed by atoms with Gasteiger partial charge in [0, 0.05) is 19.3 Å². The Labute approximate surface area is 125 Å². The van der Waals surface area contributed by atoms with Gasteiger partial charge in [0.15, 0.2) is 10.8 Å². The van der Waals surface area contributed by atoms with E-state index in [2.05, 4.69) is 4.98 Å². The summed E-state index contributed by atoms with van der Waals surface area (Å²) in [5.41, 5.74) is 6.39. The van der Waals surface area contributed by atoms with Crippen molar-refractivity contribution in [3.8, 4) is 0 Å².